The van der Waals surface area contributed by atoms with Gasteiger partial charge in [-0.05, 0) is 42.0 Å². The standard InChI is InChI=1S/C14H10BrNO3/c15-11-2-4-12(5-3-11)16-8-10-7-9(14(18)19)1-6-13(10)17/h1-8,17H,(H,18,19)/p-1. The minimum Gasteiger partial charge on any atom is -0.872 e. The van der Waals surface area contributed by atoms with E-state index in [1.807, 2.05) is 12.1 Å². The molecule has 0 heterocycles. The highest BCUT2D eigenvalue weighted by atomic mass is 79.9. The molecule has 0 atom stereocenters. The van der Waals surface area contributed by atoms with Gasteiger partial charge in [-0.15, -0.1) is 5.75 Å². The van der Waals surface area contributed by atoms with Crippen molar-refractivity contribution >= 4 is 33.8 Å². The third kappa shape index (κ3) is 3.42. The van der Waals surface area contributed by atoms with Crippen LogP contribution in [0.3, 0.4) is 0 Å². The zero-order chi connectivity index (χ0) is 13.8. The molecule has 4 nitrogen and oxygen atoms in total. The third-order valence-corrected chi connectivity index (χ3v) is 2.96. The molecule has 5 heteroatoms. The number of carbonyl (C=O) groups is 1. The molecular weight excluding hydrogens is 310 g/mol. The fraction of sp³-hybridized carbons (Fsp3) is 0. The molecule has 2 rings (SSSR count). The summed E-state index contributed by atoms with van der Waals surface area (Å²) in [5.74, 6) is -1.33. The van der Waals surface area contributed by atoms with Gasteiger partial charge in [0, 0.05) is 10.7 Å². The number of carboxylic acid groups (broad SMARTS) is 1. The molecular formula is C14H9BrNO3-. The zero-order valence-electron chi connectivity index (χ0n) is 9.71. The van der Waals surface area contributed by atoms with Crippen molar-refractivity contribution in [3.8, 4) is 5.75 Å². The summed E-state index contributed by atoms with van der Waals surface area (Å²) in [6.45, 7) is 0. The Morgan fingerprint density at radius 3 is 2.53 bits per heavy atom. The van der Waals surface area contributed by atoms with E-state index < -0.39 is 5.97 Å². The molecule has 2 aromatic rings. The van der Waals surface area contributed by atoms with Crippen molar-refractivity contribution in [2.45, 2.75) is 0 Å². The predicted molar refractivity (Wildman–Crippen MR) is 74.2 cm³/mol. The highest BCUT2D eigenvalue weighted by Crippen LogP contribution is 2.18. The number of halogens is 1. The molecule has 0 aliphatic rings. The van der Waals surface area contributed by atoms with Gasteiger partial charge in [-0.3, -0.25) is 4.99 Å². The van der Waals surface area contributed by atoms with Crippen molar-refractivity contribution in [3.05, 3.63) is 58.1 Å². The van der Waals surface area contributed by atoms with Crippen molar-refractivity contribution in [1.82, 2.24) is 0 Å². The first-order chi connectivity index (χ1) is 9.06. The molecule has 1 N–H and O–H groups in total. The van der Waals surface area contributed by atoms with Gasteiger partial charge in [0.1, 0.15) is 0 Å². The molecule has 0 saturated heterocycles. The maximum Gasteiger partial charge on any atom is 0.335 e. The Kier molecular flexibility index (Phi) is 3.97. The second-order valence-electron chi connectivity index (χ2n) is 3.79. The lowest BCUT2D eigenvalue weighted by molar-refractivity contribution is -0.268. The van der Waals surface area contributed by atoms with Crippen LogP contribution in [0.1, 0.15) is 15.9 Å². The highest BCUT2D eigenvalue weighted by molar-refractivity contribution is 9.10. The van der Waals surface area contributed by atoms with E-state index in [4.69, 9.17) is 5.11 Å². The fourth-order valence-electron chi connectivity index (χ4n) is 1.45. The summed E-state index contributed by atoms with van der Waals surface area (Å²) < 4.78 is 0.934. The Labute approximate surface area is 118 Å². The topological polar surface area (TPSA) is 72.7 Å². The maximum absolute atomic E-state index is 11.6. The molecule has 0 aromatic heterocycles. The lowest BCUT2D eigenvalue weighted by Gasteiger charge is -2.09. The number of nitrogens with zero attached hydrogens (tertiary/aromatic N) is 1. The van der Waals surface area contributed by atoms with Crippen LogP contribution in [-0.2, 0) is 0 Å². The van der Waals surface area contributed by atoms with Gasteiger partial charge in [0.15, 0.2) is 0 Å². The quantitative estimate of drug-likeness (QED) is 0.884. The van der Waals surface area contributed by atoms with Gasteiger partial charge in [0.05, 0.1) is 11.3 Å². The van der Waals surface area contributed by atoms with Crippen LogP contribution in [0, 0.1) is 0 Å². The van der Waals surface area contributed by atoms with Gasteiger partial charge < -0.3 is 10.2 Å². The predicted octanol–water partition coefficient (Wildman–Crippen LogP) is 2.97. The Morgan fingerprint density at radius 2 is 1.89 bits per heavy atom. The summed E-state index contributed by atoms with van der Waals surface area (Å²) in [4.78, 5) is 15.0. The van der Waals surface area contributed by atoms with Gasteiger partial charge in [0.25, 0.3) is 0 Å². The summed E-state index contributed by atoms with van der Waals surface area (Å²) in [7, 11) is 0. The molecule has 0 aliphatic heterocycles. The molecule has 19 heavy (non-hydrogen) atoms. The van der Waals surface area contributed by atoms with Crippen LogP contribution < -0.4 is 5.11 Å². The largest absolute Gasteiger partial charge is 0.872 e. The van der Waals surface area contributed by atoms with Crippen LogP contribution in [0.5, 0.6) is 5.75 Å². The fourth-order valence-corrected chi connectivity index (χ4v) is 1.72. The zero-order valence-corrected chi connectivity index (χ0v) is 11.3. The molecule has 96 valence electrons. The van der Waals surface area contributed by atoms with E-state index in [0.29, 0.717) is 5.69 Å². The number of rotatable bonds is 3. The van der Waals surface area contributed by atoms with Gasteiger partial charge in [0.2, 0.25) is 0 Å². The smallest absolute Gasteiger partial charge is 0.335 e. The first kappa shape index (κ1) is 13.3. The molecule has 0 unspecified atom stereocenters. The normalized spacial score (nSPS) is 10.8. The molecule has 0 bridgehead atoms. The van der Waals surface area contributed by atoms with Gasteiger partial charge in [-0.1, -0.05) is 22.0 Å². The molecule has 0 saturated carbocycles. The van der Waals surface area contributed by atoms with Crippen LogP contribution in [0.15, 0.2) is 51.9 Å². The third-order valence-electron chi connectivity index (χ3n) is 2.44. The van der Waals surface area contributed by atoms with Gasteiger partial charge in [-0.2, -0.15) is 0 Å². The van der Waals surface area contributed by atoms with Crippen LogP contribution in [-0.4, -0.2) is 17.3 Å². The van der Waals surface area contributed by atoms with E-state index in [0.717, 1.165) is 4.47 Å². The minimum atomic E-state index is -1.07. The van der Waals surface area contributed by atoms with Crippen LogP contribution in [0.25, 0.3) is 0 Å². The summed E-state index contributed by atoms with van der Waals surface area (Å²) in [6.07, 6.45) is 1.37. The van der Waals surface area contributed by atoms with E-state index in [-0.39, 0.29) is 16.9 Å². The van der Waals surface area contributed by atoms with Gasteiger partial charge in [-0.25, -0.2) is 4.79 Å². The van der Waals surface area contributed by atoms with Crippen LogP contribution in [0.2, 0.25) is 0 Å². The van der Waals surface area contributed by atoms with Crippen molar-refractivity contribution in [2.75, 3.05) is 0 Å². The van der Waals surface area contributed by atoms with Crippen molar-refractivity contribution in [2.24, 2.45) is 4.99 Å². The summed E-state index contributed by atoms with van der Waals surface area (Å²) >= 11 is 3.31. The number of benzene rings is 2. The van der Waals surface area contributed by atoms with E-state index in [1.165, 1.54) is 24.4 Å². The number of aliphatic imine (C=N–C) groups is 1. The van der Waals surface area contributed by atoms with Crippen LogP contribution in [0.4, 0.5) is 5.69 Å². The van der Waals surface area contributed by atoms with E-state index in [2.05, 4.69) is 20.9 Å². The highest BCUT2D eigenvalue weighted by Gasteiger charge is 2.02. The molecule has 0 aliphatic carbocycles. The monoisotopic (exact) mass is 318 g/mol. The summed E-state index contributed by atoms with van der Waals surface area (Å²) in [5.41, 5.74) is 1.00. The molecule has 2 aromatic carbocycles. The average Bonchev–Trinajstić information content (AvgIpc) is 2.39. The Balaban J connectivity index is 2.29. The minimum absolute atomic E-state index is 0.0665. The first-order valence-electron chi connectivity index (χ1n) is 5.40. The molecule has 0 radical (unpaired) electrons. The maximum atomic E-state index is 11.6. The van der Waals surface area contributed by atoms with Gasteiger partial charge >= 0.3 is 5.97 Å². The van der Waals surface area contributed by atoms with E-state index >= 15 is 0 Å². The summed E-state index contributed by atoms with van der Waals surface area (Å²) in [6, 6.07) is 11.1. The van der Waals surface area contributed by atoms with E-state index in [9.17, 15) is 9.90 Å². The molecule has 0 fully saturated rings. The second kappa shape index (κ2) is 5.67. The average molecular weight is 319 g/mol. The molecule has 0 spiro atoms. The Hall–Kier alpha value is -2.14. The number of carboxylic acids is 1. The first-order valence-corrected chi connectivity index (χ1v) is 6.19. The Morgan fingerprint density at radius 1 is 1.21 bits per heavy atom. The molecule has 0 amide bonds. The van der Waals surface area contributed by atoms with Crippen molar-refractivity contribution in [1.29, 1.82) is 0 Å². The number of hydrogen-bond acceptors (Lipinski definition) is 3. The van der Waals surface area contributed by atoms with Crippen molar-refractivity contribution < 1.29 is 15.0 Å². The Bertz CT molecular complexity index is 636. The lowest BCUT2D eigenvalue weighted by Crippen LogP contribution is -2.01. The lowest BCUT2D eigenvalue weighted by atomic mass is 10.1. The number of aromatic carboxylic acids is 1. The SMILES string of the molecule is O=C(O)c1ccc([O-])c(C=Nc2ccc(Br)cc2)c1. The second-order valence-corrected chi connectivity index (χ2v) is 4.71. The van der Waals surface area contributed by atoms with E-state index in [1.54, 1.807) is 12.1 Å². The summed E-state index contributed by atoms with van der Waals surface area (Å²) in [5, 5.41) is 20.4. The number of hydrogen-bond donors (Lipinski definition) is 1. The van der Waals surface area contributed by atoms with Crippen LogP contribution >= 0.6 is 15.9 Å². The van der Waals surface area contributed by atoms with Crippen molar-refractivity contribution in [3.63, 3.8) is 0 Å².